The van der Waals surface area contributed by atoms with E-state index < -0.39 is 172 Å². The van der Waals surface area contributed by atoms with Gasteiger partial charge in [-0.05, 0) is 81.5 Å². The van der Waals surface area contributed by atoms with Crippen molar-refractivity contribution in [1.29, 1.82) is 0 Å². The Hall–Kier alpha value is -5.28. The fourth-order valence-corrected chi connectivity index (χ4v) is 22.0. The zero-order chi connectivity index (χ0) is 84.3. The van der Waals surface area contributed by atoms with Crippen LogP contribution in [-0.2, 0) is 112 Å². The van der Waals surface area contributed by atoms with Crippen LogP contribution in [0.15, 0.2) is 64.0 Å². The van der Waals surface area contributed by atoms with Crippen LogP contribution in [0.3, 0.4) is 0 Å². The van der Waals surface area contributed by atoms with Crippen molar-refractivity contribution in [3.8, 4) is 0 Å². The molecule has 2 amide bonds. The van der Waals surface area contributed by atoms with Crippen molar-refractivity contribution in [1.82, 2.24) is 20.2 Å². The fourth-order valence-electron chi connectivity index (χ4n) is 11.9. The van der Waals surface area contributed by atoms with Gasteiger partial charge in [-0.25, -0.2) is 46.3 Å². The summed E-state index contributed by atoms with van der Waals surface area (Å²) < 4.78 is 209. The van der Waals surface area contributed by atoms with E-state index in [1.807, 2.05) is 4.98 Å². The molecule has 628 valence electrons. The predicted octanol–water partition coefficient (Wildman–Crippen LogP) is 5.84. The number of amides is 2. The number of benzene rings is 2. The summed E-state index contributed by atoms with van der Waals surface area (Å²) in [5.74, 6) is -6.00. The van der Waals surface area contributed by atoms with Crippen molar-refractivity contribution < 1.29 is 185 Å². The molecule has 0 saturated carbocycles. The minimum absolute atomic E-state index is 0.0420. The Morgan fingerprint density at radius 2 is 1.12 bits per heavy atom. The van der Waals surface area contributed by atoms with E-state index in [1.165, 1.54) is 36.1 Å². The standard InChI is InChI=1S/C55H80N6O41P8S2/c1-34-32-61(53(70)58-48(34)63)45-31-41(62)42(96-45)33-95-106(77,78)99-108(81,82)101-110(85,86)102-109(83,84)100-107(79,80)98-105(75,76)94-24-13-9-7-11-20-57-50(65)36-28-38(52(68)69)47-40(30-36)60(22-16-26-112(90,91)92)44(55(47,4)5)18-14-17-43-54(2,3)46-37(51(66)67)27-35(29-39(46)59(43)21-15-25-111(87,88)89)49(64)56-19-10-6-8-12-23-93-104(73,74)97-103(71)72/h14,17-18,27-30,32,41-42,45,62H,6-13,15-16,19-26,31,33H2,1-5H3,(H13-2,56,57,58,63,64,65,66,67,68,69,70,71,72,73,74,75,76,77,78,79,80,81,82,83,84,85,86,87,88,89,90,91,92)/p+2. The monoisotopic (exact) mass is 1790 g/mol. The Balaban J connectivity index is 1.07. The highest BCUT2D eigenvalue weighted by Crippen LogP contribution is 2.75. The lowest BCUT2D eigenvalue weighted by molar-refractivity contribution is -0.437. The van der Waals surface area contributed by atoms with Gasteiger partial charge in [-0.1, -0.05) is 45.6 Å². The lowest BCUT2D eigenvalue weighted by atomic mass is 9.78. The Kier molecular flexibility index (Phi) is 32.8. The molecule has 0 aliphatic carbocycles. The highest BCUT2D eigenvalue weighted by atomic mass is 32.2. The van der Waals surface area contributed by atoms with E-state index in [0.29, 0.717) is 30.7 Å². The van der Waals surface area contributed by atoms with Crippen LogP contribution in [0.2, 0.25) is 0 Å². The summed E-state index contributed by atoms with van der Waals surface area (Å²) in [5.41, 5.74) is -4.00. The molecule has 57 heteroatoms. The van der Waals surface area contributed by atoms with E-state index in [-0.39, 0.29) is 134 Å². The summed E-state index contributed by atoms with van der Waals surface area (Å²) in [6.45, 7) is 5.20. The van der Waals surface area contributed by atoms with Gasteiger partial charge in [-0.3, -0.25) is 51.5 Å². The van der Waals surface area contributed by atoms with Gasteiger partial charge in [0.2, 0.25) is 5.69 Å². The van der Waals surface area contributed by atoms with Crippen LogP contribution >= 0.6 is 63.0 Å². The molecular weight excluding hydrogens is 1710 g/mol. The number of rotatable bonds is 46. The summed E-state index contributed by atoms with van der Waals surface area (Å²) in [5, 5.41) is 37.0. The van der Waals surface area contributed by atoms with E-state index in [0.717, 1.165) is 22.9 Å². The first-order chi connectivity index (χ1) is 51.4. The molecule has 0 bridgehead atoms. The number of aryl methyl sites for hydroxylation is 1. The molecule has 112 heavy (non-hydrogen) atoms. The molecule has 1 aromatic heterocycles. The number of aromatic nitrogens is 2. The van der Waals surface area contributed by atoms with E-state index in [9.17, 15) is 141 Å². The normalized spacial score (nSPS) is 21.2. The zero-order valence-electron chi connectivity index (χ0n) is 59.5. The number of phosphoric ester groups is 3. The molecule has 3 aliphatic heterocycles. The van der Waals surface area contributed by atoms with E-state index >= 15 is 0 Å². The van der Waals surface area contributed by atoms with Crippen molar-refractivity contribution in [2.45, 2.75) is 135 Å². The number of allylic oxidation sites excluding steroid dienone is 4. The number of carboxylic acid groups (broad SMARTS) is 2. The number of nitrogens with one attached hydrogen (secondary N) is 3. The van der Waals surface area contributed by atoms with Gasteiger partial charge in [0, 0.05) is 94.4 Å². The largest absolute Gasteiger partial charge is 0.705 e. The van der Waals surface area contributed by atoms with Crippen LogP contribution in [0.25, 0.3) is 0 Å². The van der Waals surface area contributed by atoms with Crippen LogP contribution in [0, 0.1) is 6.92 Å². The third-order valence-electron chi connectivity index (χ3n) is 16.5. The molecule has 0 radical (unpaired) electrons. The molecule has 11 atom stereocenters. The number of carbonyl (C=O) groups is 4. The number of unbranched alkanes of at least 4 members (excludes halogenated alkanes) is 6. The number of fused-ring (bicyclic) bond motifs is 2. The second-order valence-corrected chi connectivity index (χ2v) is 40.7. The number of aromatic amines is 1. The van der Waals surface area contributed by atoms with Crippen LogP contribution < -0.4 is 26.8 Å². The van der Waals surface area contributed by atoms with Gasteiger partial charge < -0.3 is 65.0 Å². The number of aromatic carboxylic acids is 2. The number of nitrogens with zero attached hydrogens (tertiary/aromatic N) is 3. The highest BCUT2D eigenvalue weighted by Gasteiger charge is 2.52. The highest BCUT2D eigenvalue weighted by molar-refractivity contribution is 7.86. The Labute approximate surface area is 637 Å². The molecule has 6 rings (SSSR count). The number of ether oxygens (including phenoxy) is 1. The molecule has 0 spiro atoms. The van der Waals surface area contributed by atoms with Crippen LogP contribution in [0.4, 0.5) is 11.4 Å². The Morgan fingerprint density at radius 1 is 0.652 bits per heavy atom. The van der Waals surface area contributed by atoms with Gasteiger partial charge in [-0.15, -0.1) is 4.89 Å². The summed E-state index contributed by atoms with van der Waals surface area (Å²) >= 11 is 0. The average Bonchev–Trinajstić information content (AvgIpc) is 1.57. The first-order valence-corrected chi connectivity index (χ1v) is 47.6. The first-order valence-electron chi connectivity index (χ1n) is 32.8. The zero-order valence-corrected chi connectivity index (χ0v) is 68.3. The third-order valence-corrected chi connectivity index (χ3v) is 29.2. The minimum atomic E-state index is -6.63. The number of carbonyl (C=O) groups excluding carboxylic acids is 2. The minimum Gasteiger partial charge on any atom is -0.478 e. The quantitative estimate of drug-likeness (QED) is 0.0137. The Bertz CT molecular complexity index is 4930. The maximum Gasteiger partial charge on any atom is 0.705 e. The van der Waals surface area contributed by atoms with Crippen molar-refractivity contribution in [2.75, 3.05) is 62.4 Å². The predicted molar refractivity (Wildman–Crippen MR) is 384 cm³/mol. The molecule has 16 N–H and O–H groups in total. The number of aliphatic hydroxyl groups is 1. The third kappa shape index (κ3) is 28.2. The number of phosphoric acid groups is 7. The number of carboxylic acids is 2. The van der Waals surface area contributed by atoms with Crippen molar-refractivity contribution in [2.24, 2.45) is 0 Å². The fraction of sp³-hybridized carbons (Fsp3) is 0.545. The molecule has 2 aromatic carbocycles. The number of anilines is 1. The molecule has 3 aromatic rings. The maximum absolute atomic E-state index is 13.9. The van der Waals surface area contributed by atoms with E-state index in [2.05, 4.69) is 50.1 Å². The summed E-state index contributed by atoms with van der Waals surface area (Å²) in [7, 11) is -55.2. The molecular formula is C55H82N6O41P8S2+2. The Morgan fingerprint density at radius 3 is 1.62 bits per heavy atom. The maximum atomic E-state index is 13.9. The smallest absolute Gasteiger partial charge is 0.478 e. The first kappa shape index (κ1) is 95.6. The van der Waals surface area contributed by atoms with Gasteiger partial charge >= 0.3 is 80.6 Å². The van der Waals surface area contributed by atoms with Gasteiger partial charge in [0.25, 0.3) is 37.6 Å². The lowest BCUT2D eigenvalue weighted by Gasteiger charge is -2.27. The van der Waals surface area contributed by atoms with Crippen molar-refractivity contribution >= 4 is 124 Å². The lowest BCUT2D eigenvalue weighted by Crippen LogP contribution is -2.33. The van der Waals surface area contributed by atoms with Crippen LogP contribution in [0.5, 0.6) is 0 Å². The molecule has 3 aliphatic rings. The van der Waals surface area contributed by atoms with Gasteiger partial charge in [-0.2, -0.15) is 43.0 Å². The number of hydrogen-bond donors (Lipinski definition) is 16. The molecule has 1 saturated heterocycles. The summed E-state index contributed by atoms with van der Waals surface area (Å²) in [4.78, 5) is 159. The SMILES string of the molecule is Cc1cn(C2CC(O)C(COP(=O)(O)OP(=O)(O)OP(=O)(O)OP(=O)(O)OP(=O)(O)OP(=O)(O)OCCCCCCNC(=O)c3cc(C(=O)O)c4c(c3)N(CCCS(=O)(=O)O)C(=CC=CC3=[N+](CCCS(=O)(=O)O)c5cc(C(=O)NCCCCCCOP(=O)(O)O[P+](=O)O)cc(C(=O)O)c5C3(C)C)C4(C)C)O2)c(=O)[nH]c1=O. The molecule has 1 fully saturated rings. The second-order valence-electron chi connectivity index (χ2n) is 25.8. The van der Waals surface area contributed by atoms with Crippen LogP contribution in [0.1, 0.15) is 163 Å². The van der Waals surface area contributed by atoms with Gasteiger partial charge in [0.15, 0.2) is 5.71 Å². The summed E-state index contributed by atoms with van der Waals surface area (Å²) in [6, 6.07) is 4.99. The molecule has 11 unspecified atom stereocenters. The van der Waals surface area contributed by atoms with E-state index in [1.54, 1.807) is 38.3 Å². The van der Waals surface area contributed by atoms with E-state index in [4.69, 9.17) is 9.63 Å². The van der Waals surface area contributed by atoms with Crippen LogP contribution in [-0.4, -0.2) is 194 Å². The van der Waals surface area contributed by atoms with Crippen molar-refractivity contribution in [3.63, 3.8) is 0 Å². The topological polar surface area (TPSA) is 714 Å². The summed E-state index contributed by atoms with van der Waals surface area (Å²) in [6.07, 6.45) is 2.07. The number of aliphatic hydroxyl groups excluding tert-OH is 1. The number of H-pyrrole nitrogens is 1. The molecule has 4 heterocycles. The van der Waals surface area contributed by atoms with Gasteiger partial charge in [0.05, 0.1) is 59.5 Å². The number of hydrogen-bond acceptors (Lipinski definition) is 30. The van der Waals surface area contributed by atoms with Gasteiger partial charge in [0.1, 0.15) is 18.9 Å². The van der Waals surface area contributed by atoms with Crippen molar-refractivity contribution in [3.05, 3.63) is 114 Å². The molecule has 47 nitrogen and oxygen atoms in total. The second kappa shape index (κ2) is 38.4. The average molecular weight is 1800 g/mol.